The molecule has 0 atom stereocenters. The lowest BCUT2D eigenvalue weighted by atomic mass is 10.2. The summed E-state index contributed by atoms with van der Waals surface area (Å²) < 4.78 is 11.7. The lowest BCUT2D eigenvalue weighted by molar-refractivity contribution is 0.292. The van der Waals surface area contributed by atoms with Gasteiger partial charge < -0.3 is 15.2 Å². The highest BCUT2D eigenvalue weighted by Gasteiger charge is 2.10. The van der Waals surface area contributed by atoms with E-state index in [0.717, 1.165) is 16.5 Å². The summed E-state index contributed by atoms with van der Waals surface area (Å²) in [5.41, 5.74) is 8.60. The van der Waals surface area contributed by atoms with E-state index in [9.17, 15) is 0 Å². The molecule has 1 aromatic rings. The van der Waals surface area contributed by atoms with Crippen molar-refractivity contribution in [2.45, 2.75) is 13.3 Å². The summed E-state index contributed by atoms with van der Waals surface area (Å²) >= 11 is 8.11. The molecular weight excluding hydrogens is 330 g/mol. The van der Waals surface area contributed by atoms with E-state index >= 15 is 0 Å². The fraction of sp³-hybridized carbons (Fsp3) is 0.333. The Morgan fingerprint density at radius 1 is 1.58 bits per heavy atom. The number of methoxy groups -OCH3 is 1. The smallest absolute Gasteiger partial charge is 0.184 e. The van der Waals surface area contributed by atoms with Gasteiger partial charge in [-0.1, -0.05) is 6.92 Å². The van der Waals surface area contributed by atoms with Gasteiger partial charge in [-0.15, -0.1) is 0 Å². The van der Waals surface area contributed by atoms with Crippen molar-refractivity contribution in [1.82, 2.24) is 5.43 Å². The van der Waals surface area contributed by atoms with Crippen molar-refractivity contribution in [2.24, 2.45) is 10.8 Å². The molecule has 1 aromatic carbocycles. The molecule has 0 radical (unpaired) electrons. The van der Waals surface area contributed by atoms with Gasteiger partial charge in [-0.2, -0.15) is 5.10 Å². The van der Waals surface area contributed by atoms with E-state index < -0.39 is 0 Å². The third-order valence-corrected chi connectivity index (χ3v) is 2.77. The average Bonchev–Trinajstić information content (AvgIpc) is 2.36. The summed E-state index contributed by atoms with van der Waals surface area (Å²) in [7, 11) is 1.59. The van der Waals surface area contributed by atoms with Crippen LogP contribution in [-0.4, -0.2) is 25.0 Å². The van der Waals surface area contributed by atoms with E-state index in [-0.39, 0.29) is 5.11 Å². The van der Waals surface area contributed by atoms with Gasteiger partial charge in [0.1, 0.15) is 0 Å². The van der Waals surface area contributed by atoms with Crippen LogP contribution in [-0.2, 0) is 0 Å². The molecule has 0 aliphatic rings. The molecule has 0 spiro atoms. The van der Waals surface area contributed by atoms with Gasteiger partial charge in [-0.3, -0.25) is 5.43 Å². The highest BCUT2D eigenvalue weighted by atomic mass is 79.9. The second kappa shape index (κ2) is 7.96. The van der Waals surface area contributed by atoms with Gasteiger partial charge in [0.05, 0.1) is 24.4 Å². The molecule has 0 saturated carbocycles. The first-order valence-corrected chi connectivity index (χ1v) is 6.87. The minimum absolute atomic E-state index is 0.116. The van der Waals surface area contributed by atoms with Crippen LogP contribution in [0.5, 0.6) is 11.5 Å². The molecule has 0 amide bonds. The van der Waals surface area contributed by atoms with Crippen LogP contribution >= 0.6 is 28.1 Å². The lowest BCUT2D eigenvalue weighted by Crippen LogP contribution is -2.23. The number of thiocarbonyl (C=S) groups is 1. The number of benzene rings is 1. The summed E-state index contributed by atoms with van der Waals surface area (Å²) in [6, 6.07) is 3.69. The first-order chi connectivity index (χ1) is 9.08. The Balaban J connectivity index is 2.95. The van der Waals surface area contributed by atoms with Crippen LogP contribution in [0.25, 0.3) is 0 Å². The molecule has 7 heteroatoms. The molecule has 3 N–H and O–H groups in total. The first-order valence-electron chi connectivity index (χ1n) is 5.67. The van der Waals surface area contributed by atoms with Crippen molar-refractivity contribution in [3.05, 3.63) is 22.2 Å². The summed E-state index contributed by atoms with van der Waals surface area (Å²) in [6.45, 7) is 2.67. The van der Waals surface area contributed by atoms with Crippen LogP contribution in [0.1, 0.15) is 18.9 Å². The molecule has 19 heavy (non-hydrogen) atoms. The summed E-state index contributed by atoms with van der Waals surface area (Å²) in [6.07, 6.45) is 2.52. The summed E-state index contributed by atoms with van der Waals surface area (Å²) in [5, 5.41) is 4.01. The van der Waals surface area contributed by atoms with Gasteiger partial charge >= 0.3 is 0 Å². The standard InChI is InChI=1S/C12H16BrN3O2S/c1-3-4-18-11-9(13)5-8(6-10(11)17-2)7-15-16-12(14)19/h5-7H,3-4H2,1-2H3,(H3,14,16,19). The van der Waals surface area contributed by atoms with E-state index in [4.69, 9.17) is 15.2 Å². The largest absolute Gasteiger partial charge is 0.493 e. The number of nitrogens with zero attached hydrogens (tertiary/aromatic N) is 1. The van der Waals surface area contributed by atoms with E-state index in [1.165, 1.54) is 0 Å². The van der Waals surface area contributed by atoms with E-state index in [2.05, 4.69) is 38.7 Å². The number of nitrogens with two attached hydrogens (primary N) is 1. The molecule has 1 rings (SSSR count). The fourth-order valence-electron chi connectivity index (χ4n) is 1.33. The molecule has 0 heterocycles. The van der Waals surface area contributed by atoms with Gasteiger partial charge in [0.2, 0.25) is 0 Å². The van der Waals surface area contributed by atoms with Gasteiger partial charge in [0.15, 0.2) is 16.6 Å². The molecule has 0 bridgehead atoms. The molecule has 0 unspecified atom stereocenters. The first kappa shape index (κ1) is 15.7. The fourth-order valence-corrected chi connectivity index (χ4v) is 1.96. The van der Waals surface area contributed by atoms with Crippen LogP contribution in [0.15, 0.2) is 21.7 Å². The molecule has 104 valence electrons. The van der Waals surface area contributed by atoms with Crippen LogP contribution in [0.4, 0.5) is 0 Å². The monoisotopic (exact) mass is 345 g/mol. The Morgan fingerprint density at radius 2 is 2.32 bits per heavy atom. The number of rotatable bonds is 6. The SMILES string of the molecule is CCCOc1c(Br)cc(C=NNC(N)=S)cc1OC. The highest BCUT2D eigenvalue weighted by molar-refractivity contribution is 9.10. The van der Waals surface area contributed by atoms with Crippen molar-refractivity contribution in [3.8, 4) is 11.5 Å². The molecule has 0 saturated heterocycles. The van der Waals surface area contributed by atoms with Crippen molar-refractivity contribution in [1.29, 1.82) is 0 Å². The van der Waals surface area contributed by atoms with Crippen molar-refractivity contribution < 1.29 is 9.47 Å². The Hall–Kier alpha value is -1.34. The third kappa shape index (κ3) is 5.04. The zero-order valence-corrected chi connectivity index (χ0v) is 13.2. The summed E-state index contributed by atoms with van der Waals surface area (Å²) in [5.74, 6) is 1.32. The molecule has 0 fully saturated rings. The maximum Gasteiger partial charge on any atom is 0.184 e. The molecule has 0 aromatic heterocycles. The Morgan fingerprint density at radius 3 is 2.89 bits per heavy atom. The van der Waals surface area contributed by atoms with Crippen molar-refractivity contribution in [2.75, 3.05) is 13.7 Å². The average molecular weight is 346 g/mol. The Labute approximate surface area is 126 Å². The number of hydrogen-bond donors (Lipinski definition) is 2. The maximum absolute atomic E-state index is 5.63. The quantitative estimate of drug-likeness (QED) is 0.470. The number of nitrogens with one attached hydrogen (secondary N) is 1. The zero-order chi connectivity index (χ0) is 14.3. The van der Waals surface area contributed by atoms with Crippen molar-refractivity contribution >= 4 is 39.5 Å². The van der Waals surface area contributed by atoms with Crippen molar-refractivity contribution in [3.63, 3.8) is 0 Å². The second-order valence-electron chi connectivity index (χ2n) is 3.62. The van der Waals surface area contributed by atoms with E-state index in [0.29, 0.717) is 18.1 Å². The van der Waals surface area contributed by atoms with Crippen LogP contribution in [0, 0.1) is 0 Å². The number of hydrazone groups is 1. The number of ether oxygens (including phenoxy) is 2. The minimum Gasteiger partial charge on any atom is -0.493 e. The topological polar surface area (TPSA) is 68.9 Å². The van der Waals surface area contributed by atoms with Gasteiger partial charge in [0.25, 0.3) is 0 Å². The molecular formula is C12H16BrN3O2S. The maximum atomic E-state index is 5.63. The number of halogens is 1. The lowest BCUT2D eigenvalue weighted by Gasteiger charge is -2.12. The second-order valence-corrected chi connectivity index (χ2v) is 4.91. The van der Waals surface area contributed by atoms with Gasteiger partial charge in [-0.25, -0.2) is 0 Å². The number of hydrogen-bond acceptors (Lipinski definition) is 4. The minimum atomic E-state index is 0.116. The van der Waals surface area contributed by atoms with Crippen LogP contribution < -0.4 is 20.6 Å². The van der Waals surface area contributed by atoms with E-state index in [1.807, 2.05) is 19.1 Å². The Bertz CT molecular complexity index is 480. The van der Waals surface area contributed by atoms with E-state index in [1.54, 1.807) is 13.3 Å². The Kier molecular flexibility index (Phi) is 6.58. The zero-order valence-electron chi connectivity index (χ0n) is 10.8. The molecule has 5 nitrogen and oxygen atoms in total. The normalized spacial score (nSPS) is 10.5. The van der Waals surface area contributed by atoms with Gasteiger partial charge in [-0.05, 0) is 52.3 Å². The third-order valence-electron chi connectivity index (χ3n) is 2.09. The van der Waals surface area contributed by atoms with Crippen LogP contribution in [0.3, 0.4) is 0 Å². The molecule has 0 aliphatic carbocycles. The van der Waals surface area contributed by atoms with Gasteiger partial charge in [0, 0.05) is 0 Å². The predicted molar refractivity (Wildman–Crippen MR) is 84.0 cm³/mol. The highest BCUT2D eigenvalue weighted by Crippen LogP contribution is 2.36. The molecule has 0 aliphatic heterocycles. The predicted octanol–water partition coefficient (Wildman–Crippen LogP) is 2.41. The summed E-state index contributed by atoms with van der Waals surface area (Å²) in [4.78, 5) is 0. The van der Waals surface area contributed by atoms with Crippen LogP contribution in [0.2, 0.25) is 0 Å².